The second-order valence-electron chi connectivity index (χ2n) is 4.25. The van der Waals surface area contributed by atoms with E-state index >= 15 is 0 Å². The fourth-order valence-electron chi connectivity index (χ4n) is 1.83. The van der Waals surface area contributed by atoms with Gasteiger partial charge in [-0.25, -0.2) is 0 Å². The van der Waals surface area contributed by atoms with E-state index in [-0.39, 0.29) is 0 Å². The number of hydrogen-bond acceptors (Lipinski definition) is 0. The molecule has 1 rings (SSSR count). The van der Waals surface area contributed by atoms with Crippen LogP contribution >= 0.6 is 0 Å². The highest BCUT2D eigenvalue weighted by Gasteiger charge is 2.15. The first-order valence-electron chi connectivity index (χ1n) is 4.95. The molecule has 1 unspecified atom stereocenters. The Labute approximate surface area is 76.4 Å². The summed E-state index contributed by atoms with van der Waals surface area (Å²) in [5.74, 6) is 1.50. The second-order valence-corrected chi connectivity index (χ2v) is 4.25. The van der Waals surface area contributed by atoms with Crippen LogP contribution in [0, 0.1) is 11.8 Å². The largest absolute Gasteiger partial charge is 0.0998 e. The summed E-state index contributed by atoms with van der Waals surface area (Å²) in [7, 11) is 0. The van der Waals surface area contributed by atoms with Gasteiger partial charge < -0.3 is 0 Å². The van der Waals surface area contributed by atoms with Gasteiger partial charge in [0.2, 0.25) is 0 Å². The van der Waals surface area contributed by atoms with Gasteiger partial charge in [-0.1, -0.05) is 37.6 Å². The van der Waals surface area contributed by atoms with Gasteiger partial charge in [0.15, 0.2) is 0 Å². The minimum atomic E-state index is 0.746. The second kappa shape index (κ2) is 3.93. The summed E-state index contributed by atoms with van der Waals surface area (Å²) in [6.07, 6.45) is 6.25. The zero-order valence-corrected chi connectivity index (χ0v) is 8.56. The fraction of sp³-hybridized carbons (Fsp3) is 0.667. The maximum Gasteiger partial charge on any atom is -0.0171 e. The quantitative estimate of drug-likeness (QED) is 0.542. The molecule has 0 heterocycles. The van der Waals surface area contributed by atoms with Gasteiger partial charge in [-0.15, -0.1) is 0 Å². The standard InChI is InChI=1S/C12H20/c1-9(2)11-5-7-12(8-6-11)10(3)4/h7,10-11H,1,5-6,8H2,2-4H3. The molecule has 0 saturated heterocycles. The average Bonchev–Trinajstić information content (AvgIpc) is 2.04. The van der Waals surface area contributed by atoms with Gasteiger partial charge >= 0.3 is 0 Å². The number of hydrogen-bond donors (Lipinski definition) is 0. The summed E-state index contributed by atoms with van der Waals surface area (Å²) < 4.78 is 0. The molecule has 1 aliphatic carbocycles. The third-order valence-electron chi connectivity index (χ3n) is 2.88. The topological polar surface area (TPSA) is 0 Å². The molecule has 0 N–H and O–H groups in total. The van der Waals surface area contributed by atoms with Crippen LogP contribution in [-0.4, -0.2) is 0 Å². The Bertz CT molecular complexity index is 196. The molecule has 68 valence electrons. The van der Waals surface area contributed by atoms with Crippen LogP contribution < -0.4 is 0 Å². The molecule has 12 heavy (non-hydrogen) atoms. The Morgan fingerprint density at radius 3 is 2.58 bits per heavy atom. The van der Waals surface area contributed by atoms with E-state index in [9.17, 15) is 0 Å². The van der Waals surface area contributed by atoms with Crippen LogP contribution in [0.3, 0.4) is 0 Å². The minimum Gasteiger partial charge on any atom is -0.0998 e. The van der Waals surface area contributed by atoms with E-state index in [0.717, 1.165) is 11.8 Å². The molecule has 0 saturated carbocycles. The maximum atomic E-state index is 4.02. The van der Waals surface area contributed by atoms with Crippen molar-refractivity contribution in [2.45, 2.75) is 40.0 Å². The van der Waals surface area contributed by atoms with Crippen molar-refractivity contribution in [3.63, 3.8) is 0 Å². The van der Waals surface area contributed by atoms with Gasteiger partial charge in [0.25, 0.3) is 0 Å². The summed E-state index contributed by atoms with van der Waals surface area (Å²) in [5.41, 5.74) is 3.00. The number of allylic oxidation sites excluding steroid dienone is 3. The highest BCUT2D eigenvalue weighted by molar-refractivity contribution is 5.13. The van der Waals surface area contributed by atoms with Crippen molar-refractivity contribution in [3.8, 4) is 0 Å². The lowest BCUT2D eigenvalue weighted by atomic mass is 9.82. The summed E-state index contributed by atoms with van der Waals surface area (Å²) in [5, 5.41) is 0. The SMILES string of the molecule is C=C(C)C1CC=C(C(C)C)CC1. The summed E-state index contributed by atoms with van der Waals surface area (Å²) in [6, 6.07) is 0. The van der Waals surface area contributed by atoms with Gasteiger partial charge in [0.05, 0.1) is 0 Å². The molecule has 0 nitrogen and oxygen atoms in total. The molecule has 1 aliphatic rings. The van der Waals surface area contributed by atoms with E-state index < -0.39 is 0 Å². The Balaban J connectivity index is 2.53. The van der Waals surface area contributed by atoms with Crippen molar-refractivity contribution in [3.05, 3.63) is 23.8 Å². The van der Waals surface area contributed by atoms with Crippen molar-refractivity contribution < 1.29 is 0 Å². The van der Waals surface area contributed by atoms with Gasteiger partial charge in [-0.3, -0.25) is 0 Å². The lowest BCUT2D eigenvalue weighted by molar-refractivity contribution is 0.512. The van der Waals surface area contributed by atoms with E-state index in [1.165, 1.54) is 24.8 Å². The Morgan fingerprint density at radius 1 is 1.58 bits per heavy atom. The Hall–Kier alpha value is -0.520. The van der Waals surface area contributed by atoms with E-state index in [0.29, 0.717) is 0 Å². The predicted octanol–water partition coefficient (Wildman–Crippen LogP) is 3.95. The van der Waals surface area contributed by atoms with Gasteiger partial charge in [0.1, 0.15) is 0 Å². The first-order chi connectivity index (χ1) is 5.61. The van der Waals surface area contributed by atoms with Crippen molar-refractivity contribution in [1.82, 2.24) is 0 Å². The van der Waals surface area contributed by atoms with Crippen LogP contribution in [0.25, 0.3) is 0 Å². The average molecular weight is 164 g/mol. The monoisotopic (exact) mass is 164 g/mol. The van der Waals surface area contributed by atoms with Crippen molar-refractivity contribution >= 4 is 0 Å². The molecule has 0 aliphatic heterocycles. The molecule has 0 aromatic rings. The van der Waals surface area contributed by atoms with Gasteiger partial charge in [0, 0.05) is 0 Å². The van der Waals surface area contributed by atoms with E-state index in [2.05, 4.69) is 33.4 Å². The third kappa shape index (κ3) is 2.23. The van der Waals surface area contributed by atoms with Crippen LogP contribution in [0.15, 0.2) is 23.8 Å². The summed E-state index contributed by atoms with van der Waals surface area (Å²) in [4.78, 5) is 0. The van der Waals surface area contributed by atoms with Crippen LogP contribution in [0.2, 0.25) is 0 Å². The molecular formula is C12H20. The van der Waals surface area contributed by atoms with Crippen LogP contribution in [-0.2, 0) is 0 Å². The summed E-state index contributed by atoms with van der Waals surface area (Å²) >= 11 is 0. The maximum absolute atomic E-state index is 4.02. The third-order valence-corrected chi connectivity index (χ3v) is 2.88. The zero-order valence-electron chi connectivity index (χ0n) is 8.56. The lowest BCUT2D eigenvalue weighted by Gasteiger charge is -2.23. The molecule has 0 heteroatoms. The van der Waals surface area contributed by atoms with Crippen LogP contribution in [0.4, 0.5) is 0 Å². The van der Waals surface area contributed by atoms with E-state index in [1.54, 1.807) is 5.57 Å². The molecule has 0 amide bonds. The van der Waals surface area contributed by atoms with Gasteiger partial charge in [-0.2, -0.15) is 0 Å². The van der Waals surface area contributed by atoms with Crippen LogP contribution in [0.1, 0.15) is 40.0 Å². The fourth-order valence-corrected chi connectivity index (χ4v) is 1.83. The first-order valence-corrected chi connectivity index (χ1v) is 4.95. The van der Waals surface area contributed by atoms with Gasteiger partial charge in [-0.05, 0) is 38.0 Å². The normalized spacial score (nSPS) is 24.0. The first kappa shape index (κ1) is 9.57. The highest BCUT2D eigenvalue weighted by Crippen LogP contribution is 2.31. The molecule has 0 fully saturated rings. The zero-order chi connectivity index (χ0) is 9.14. The van der Waals surface area contributed by atoms with Crippen molar-refractivity contribution in [1.29, 1.82) is 0 Å². The molecule has 0 bridgehead atoms. The highest BCUT2D eigenvalue weighted by atomic mass is 14.2. The molecular weight excluding hydrogens is 144 g/mol. The van der Waals surface area contributed by atoms with Crippen molar-refractivity contribution in [2.75, 3.05) is 0 Å². The molecule has 0 aromatic carbocycles. The lowest BCUT2D eigenvalue weighted by Crippen LogP contribution is -2.08. The summed E-state index contributed by atoms with van der Waals surface area (Å²) in [6.45, 7) is 10.7. The Kier molecular flexibility index (Phi) is 3.13. The van der Waals surface area contributed by atoms with Crippen molar-refractivity contribution in [2.24, 2.45) is 11.8 Å². The molecule has 0 radical (unpaired) electrons. The smallest absolute Gasteiger partial charge is 0.0171 e. The van der Waals surface area contributed by atoms with E-state index in [1.807, 2.05) is 0 Å². The Morgan fingerprint density at radius 2 is 2.25 bits per heavy atom. The molecule has 1 atom stereocenters. The minimum absolute atomic E-state index is 0.746. The molecule has 0 spiro atoms. The number of rotatable bonds is 2. The predicted molar refractivity (Wildman–Crippen MR) is 55.1 cm³/mol. The van der Waals surface area contributed by atoms with E-state index in [4.69, 9.17) is 0 Å². The molecule has 0 aromatic heterocycles. The van der Waals surface area contributed by atoms with Crippen LogP contribution in [0.5, 0.6) is 0 Å².